The highest BCUT2D eigenvalue weighted by atomic mass is 32.2. The van der Waals surface area contributed by atoms with Gasteiger partial charge in [-0.2, -0.15) is 0 Å². The monoisotopic (exact) mass is 300 g/mol. The molecular formula is C17H20N2OS. The van der Waals surface area contributed by atoms with Crippen molar-refractivity contribution < 1.29 is 5.11 Å². The molecule has 21 heavy (non-hydrogen) atoms. The number of aliphatic hydroxyl groups excluding tert-OH is 1. The number of rotatable bonds is 4. The summed E-state index contributed by atoms with van der Waals surface area (Å²) in [6.07, 6.45) is 4.95. The molecular weight excluding hydrogens is 280 g/mol. The Morgan fingerprint density at radius 1 is 1.33 bits per heavy atom. The molecule has 1 aromatic heterocycles. The lowest BCUT2D eigenvalue weighted by atomic mass is 10.1. The number of imidazole rings is 1. The van der Waals surface area contributed by atoms with Gasteiger partial charge in [0.25, 0.3) is 0 Å². The zero-order valence-electron chi connectivity index (χ0n) is 12.0. The van der Waals surface area contributed by atoms with Crippen molar-refractivity contribution in [1.29, 1.82) is 0 Å². The zero-order valence-corrected chi connectivity index (χ0v) is 12.9. The minimum atomic E-state index is -0.498. The molecule has 1 aliphatic heterocycles. The first kappa shape index (κ1) is 14.4. The number of hydrogen-bond acceptors (Lipinski definition) is 3. The standard InChI is InChI=1S/C17H20N2OS/c1-13-6-5-11-21-17-18-12-15(19(13)17)16(20)10-9-14-7-3-2-4-8-14/h2-4,7-8,12,16,20H,1,5-6,9-11H2. The molecule has 0 fully saturated rings. The summed E-state index contributed by atoms with van der Waals surface area (Å²) < 4.78 is 2.05. The largest absolute Gasteiger partial charge is 0.387 e. The minimum Gasteiger partial charge on any atom is -0.387 e. The van der Waals surface area contributed by atoms with E-state index in [0.29, 0.717) is 6.42 Å². The summed E-state index contributed by atoms with van der Waals surface area (Å²) in [6, 6.07) is 10.3. The van der Waals surface area contributed by atoms with Crippen LogP contribution in [0.4, 0.5) is 0 Å². The number of aromatic nitrogens is 2. The van der Waals surface area contributed by atoms with E-state index in [1.807, 2.05) is 22.8 Å². The maximum atomic E-state index is 10.5. The quantitative estimate of drug-likeness (QED) is 0.930. The van der Waals surface area contributed by atoms with Crippen LogP contribution in [0.25, 0.3) is 5.70 Å². The molecule has 1 aromatic carbocycles. The number of allylic oxidation sites excluding steroid dienone is 1. The second-order valence-electron chi connectivity index (χ2n) is 5.36. The highest BCUT2D eigenvalue weighted by Crippen LogP contribution is 2.32. The Morgan fingerprint density at radius 3 is 2.95 bits per heavy atom. The zero-order chi connectivity index (χ0) is 14.7. The van der Waals surface area contributed by atoms with Crippen LogP contribution in [0, 0.1) is 0 Å². The Bertz CT molecular complexity index is 621. The number of benzene rings is 1. The second-order valence-corrected chi connectivity index (χ2v) is 6.42. The average Bonchev–Trinajstić information content (AvgIpc) is 2.86. The van der Waals surface area contributed by atoms with Gasteiger partial charge in [-0.3, -0.25) is 4.57 Å². The lowest BCUT2D eigenvalue weighted by molar-refractivity contribution is 0.161. The van der Waals surface area contributed by atoms with Crippen LogP contribution >= 0.6 is 11.8 Å². The molecule has 1 aliphatic rings. The van der Waals surface area contributed by atoms with E-state index in [9.17, 15) is 5.11 Å². The fourth-order valence-electron chi connectivity index (χ4n) is 2.65. The van der Waals surface area contributed by atoms with Crippen molar-refractivity contribution in [2.45, 2.75) is 36.9 Å². The van der Waals surface area contributed by atoms with Crippen molar-refractivity contribution in [1.82, 2.24) is 9.55 Å². The molecule has 2 aromatic rings. The van der Waals surface area contributed by atoms with Crippen molar-refractivity contribution >= 4 is 17.5 Å². The molecule has 1 atom stereocenters. The number of nitrogens with zero attached hydrogens (tertiary/aromatic N) is 2. The van der Waals surface area contributed by atoms with Crippen LogP contribution in [0.5, 0.6) is 0 Å². The van der Waals surface area contributed by atoms with E-state index in [1.54, 1.807) is 18.0 Å². The summed E-state index contributed by atoms with van der Waals surface area (Å²) in [5.41, 5.74) is 3.17. The fourth-order valence-corrected chi connectivity index (χ4v) is 3.61. The fraction of sp³-hybridized carbons (Fsp3) is 0.353. The summed E-state index contributed by atoms with van der Waals surface area (Å²) in [4.78, 5) is 4.45. The molecule has 110 valence electrons. The van der Waals surface area contributed by atoms with Gasteiger partial charge >= 0.3 is 0 Å². The number of aryl methyl sites for hydroxylation is 1. The van der Waals surface area contributed by atoms with Gasteiger partial charge in [0, 0.05) is 11.4 Å². The molecule has 2 heterocycles. The van der Waals surface area contributed by atoms with E-state index in [4.69, 9.17) is 0 Å². The van der Waals surface area contributed by atoms with Crippen molar-refractivity contribution in [2.24, 2.45) is 0 Å². The van der Waals surface area contributed by atoms with Gasteiger partial charge in [0.15, 0.2) is 5.16 Å². The summed E-state index contributed by atoms with van der Waals surface area (Å²) in [7, 11) is 0. The predicted molar refractivity (Wildman–Crippen MR) is 87.2 cm³/mol. The van der Waals surface area contributed by atoms with Gasteiger partial charge in [-0.15, -0.1) is 0 Å². The van der Waals surface area contributed by atoms with Gasteiger partial charge in [0.1, 0.15) is 0 Å². The lowest BCUT2D eigenvalue weighted by Crippen LogP contribution is -2.08. The van der Waals surface area contributed by atoms with Gasteiger partial charge in [0.05, 0.1) is 18.0 Å². The molecule has 3 nitrogen and oxygen atoms in total. The number of fused-ring (bicyclic) bond motifs is 1. The Balaban J connectivity index is 1.75. The molecule has 0 aliphatic carbocycles. The topological polar surface area (TPSA) is 38.1 Å². The van der Waals surface area contributed by atoms with Crippen LogP contribution < -0.4 is 0 Å². The van der Waals surface area contributed by atoms with E-state index in [0.717, 1.165) is 41.6 Å². The Labute approximate surface area is 129 Å². The van der Waals surface area contributed by atoms with Crippen LogP contribution in [-0.2, 0) is 6.42 Å². The number of aliphatic hydroxyl groups is 1. The third-order valence-electron chi connectivity index (χ3n) is 3.80. The van der Waals surface area contributed by atoms with Gasteiger partial charge in [-0.25, -0.2) is 4.98 Å². The minimum absolute atomic E-state index is 0.498. The van der Waals surface area contributed by atoms with E-state index in [2.05, 4.69) is 23.7 Å². The summed E-state index contributed by atoms with van der Waals surface area (Å²) in [5, 5.41) is 11.5. The van der Waals surface area contributed by atoms with Gasteiger partial charge in [-0.05, 0) is 31.2 Å². The maximum Gasteiger partial charge on any atom is 0.172 e. The first-order chi connectivity index (χ1) is 10.3. The van der Waals surface area contributed by atoms with Crippen LogP contribution in [0.3, 0.4) is 0 Å². The molecule has 0 bridgehead atoms. The van der Waals surface area contributed by atoms with Crippen molar-refractivity contribution in [3.63, 3.8) is 0 Å². The summed E-state index contributed by atoms with van der Waals surface area (Å²) in [6.45, 7) is 4.15. The molecule has 1 N–H and O–H groups in total. The summed E-state index contributed by atoms with van der Waals surface area (Å²) >= 11 is 1.75. The van der Waals surface area contributed by atoms with Gasteiger partial charge in [-0.1, -0.05) is 48.7 Å². The molecule has 0 amide bonds. The maximum absolute atomic E-state index is 10.5. The van der Waals surface area contributed by atoms with E-state index >= 15 is 0 Å². The molecule has 3 rings (SSSR count). The molecule has 0 saturated heterocycles. The number of hydrogen-bond donors (Lipinski definition) is 1. The van der Waals surface area contributed by atoms with Crippen LogP contribution in [0.2, 0.25) is 0 Å². The van der Waals surface area contributed by atoms with Crippen molar-refractivity contribution in [3.8, 4) is 0 Å². The smallest absolute Gasteiger partial charge is 0.172 e. The second kappa shape index (κ2) is 6.50. The van der Waals surface area contributed by atoms with Crippen LogP contribution in [-0.4, -0.2) is 20.4 Å². The number of thioether (sulfide) groups is 1. The highest BCUT2D eigenvalue weighted by molar-refractivity contribution is 7.99. The Morgan fingerprint density at radius 2 is 2.14 bits per heavy atom. The average molecular weight is 300 g/mol. The predicted octanol–water partition coefficient (Wildman–Crippen LogP) is 3.91. The molecule has 0 spiro atoms. The summed E-state index contributed by atoms with van der Waals surface area (Å²) in [5.74, 6) is 1.07. The Kier molecular flexibility index (Phi) is 4.46. The van der Waals surface area contributed by atoms with Crippen LogP contribution in [0.15, 0.2) is 48.3 Å². The van der Waals surface area contributed by atoms with Crippen LogP contribution in [0.1, 0.15) is 36.6 Å². The molecule has 0 saturated carbocycles. The molecule has 0 radical (unpaired) electrons. The van der Waals surface area contributed by atoms with Crippen molar-refractivity contribution in [2.75, 3.05) is 5.75 Å². The van der Waals surface area contributed by atoms with Gasteiger partial charge in [0.2, 0.25) is 0 Å². The highest BCUT2D eigenvalue weighted by Gasteiger charge is 2.20. The molecule has 4 heteroatoms. The SMILES string of the molecule is C=C1CCCSc2ncc(C(O)CCc3ccccc3)n21. The van der Waals surface area contributed by atoms with E-state index < -0.39 is 6.10 Å². The van der Waals surface area contributed by atoms with E-state index in [1.165, 1.54) is 5.56 Å². The van der Waals surface area contributed by atoms with Gasteiger partial charge < -0.3 is 5.11 Å². The first-order valence-corrected chi connectivity index (χ1v) is 8.35. The third-order valence-corrected chi connectivity index (χ3v) is 4.84. The normalized spacial score (nSPS) is 16.3. The lowest BCUT2D eigenvalue weighted by Gasteiger charge is -2.15. The first-order valence-electron chi connectivity index (χ1n) is 7.36. The van der Waals surface area contributed by atoms with Crippen molar-refractivity contribution in [3.05, 3.63) is 54.4 Å². The molecule has 1 unspecified atom stereocenters. The van der Waals surface area contributed by atoms with E-state index in [-0.39, 0.29) is 0 Å². The third kappa shape index (κ3) is 3.22. The Hall–Kier alpha value is -1.52.